The first-order valence-corrected chi connectivity index (χ1v) is 6.44. The van der Waals surface area contributed by atoms with Gasteiger partial charge in [-0.1, -0.05) is 11.6 Å². The van der Waals surface area contributed by atoms with Crippen molar-refractivity contribution in [2.45, 2.75) is 26.0 Å². The number of halogens is 1. The molecule has 98 valence electrons. The van der Waals surface area contributed by atoms with Crippen molar-refractivity contribution >= 4 is 22.6 Å². The second kappa shape index (κ2) is 5.69. The minimum atomic E-state index is 0.00239. The van der Waals surface area contributed by atoms with Crippen molar-refractivity contribution in [1.82, 2.24) is 9.55 Å². The molecule has 1 atom stereocenters. The zero-order valence-corrected chi connectivity index (χ0v) is 11.4. The minimum absolute atomic E-state index is 0.00239. The third kappa shape index (κ3) is 2.51. The molecule has 0 saturated heterocycles. The smallest absolute Gasteiger partial charge is 0.112 e. The van der Waals surface area contributed by atoms with Gasteiger partial charge in [0, 0.05) is 31.6 Å². The van der Waals surface area contributed by atoms with E-state index in [4.69, 9.17) is 22.1 Å². The van der Waals surface area contributed by atoms with Crippen LogP contribution >= 0.6 is 11.6 Å². The van der Waals surface area contributed by atoms with Gasteiger partial charge in [-0.25, -0.2) is 4.98 Å². The first-order chi connectivity index (χ1) is 8.69. The first-order valence-electron chi connectivity index (χ1n) is 6.07. The van der Waals surface area contributed by atoms with Crippen LogP contribution in [0, 0.1) is 0 Å². The highest BCUT2D eigenvalue weighted by Gasteiger charge is 2.14. The Labute approximate surface area is 112 Å². The fourth-order valence-electron chi connectivity index (χ4n) is 2.12. The summed E-state index contributed by atoms with van der Waals surface area (Å²) in [6.45, 7) is 3.44. The number of benzene rings is 1. The lowest BCUT2D eigenvalue weighted by Crippen LogP contribution is -2.26. The molecule has 4 nitrogen and oxygen atoms in total. The van der Waals surface area contributed by atoms with E-state index in [0.29, 0.717) is 13.0 Å². The third-order valence-corrected chi connectivity index (χ3v) is 3.35. The molecule has 2 rings (SSSR count). The lowest BCUT2D eigenvalue weighted by atomic mass is 10.2. The van der Waals surface area contributed by atoms with Crippen LogP contribution in [0.15, 0.2) is 18.2 Å². The molecule has 0 saturated carbocycles. The molecular formula is C13H18ClN3O. The normalized spacial score (nSPS) is 13.1. The average Bonchev–Trinajstić information content (AvgIpc) is 2.72. The Balaban J connectivity index is 2.44. The van der Waals surface area contributed by atoms with Crippen LogP contribution in [0.25, 0.3) is 11.0 Å². The zero-order chi connectivity index (χ0) is 13.1. The average molecular weight is 268 g/mol. The molecule has 0 radical (unpaired) electrons. The molecule has 18 heavy (non-hydrogen) atoms. The highest BCUT2D eigenvalue weighted by Crippen LogP contribution is 2.21. The van der Waals surface area contributed by atoms with Gasteiger partial charge in [-0.15, -0.1) is 0 Å². The molecule has 2 aromatic rings. The lowest BCUT2D eigenvalue weighted by Gasteiger charge is -2.13. The number of nitrogens with zero attached hydrogens (tertiary/aromatic N) is 2. The van der Waals surface area contributed by atoms with E-state index in [2.05, 4.69) is 16.5 Å². The topological polar surface area (TPSA) is 53.1 Å². The van der Waals surface area contributed by atoms with Gasteiger partial charge < -0.3 is 15.0 Å². The highest BCUT2D eigenvalue weighted by molar-refractivity contribution is 6.31. The molecule has 0 aliphatic rings. The van der Waals surface area contributed by atoms with Crippen LogP contribution in [0.2, 0.25) is 5.02 Å². The van der Waals surface area contributed by atoms with Gasteiger partial charge in [0.15, 0.2) is 0 Å². The van der Waals surface area contributed by atoms with Crippen molar-refractivity contribution in [2.24, 2.45) is 5.73 Å². The molecular weight excluding hydrogens is 250 g/mol. The van der Waals surface area contributed by atoms with Crippen LogP contribution in [0.5, 0.6) is 0 Å². The highest BCUT2D eigenvalue weighted by atomic mass is 35.5. The van der Waals surface area contributed by atoms with E-state index >= 15 is 0 Å². The van der Waals surface area contributed by atoms with Crippen molar-refractivity contribution in [2.75, 3.05) is 13.7 Å². The number of aryl methyl sites for hydroxylation is 1. The van der Waals surface area contributed by atoms with E-state index in [1.165, 1.54) is 0 Å². The maximum Gasteiger partial charge on any atom is 0.112 e. The van der Waals surface area contributed by atoms with E-state index in [-0.39, 0.29) is 6.10 Å². The van der Waals surface area contributed by atoms with Crippen molar-refractivity contribution in [1.29, 1.82) is 0 Å². The van der Waals surface area contributed by atoms with E-state index in [9.17, 15) is 0 Å². The quantitative estimate of drug-likeness (QED) is 0.904. The fourth-order valence-corrected chi connectivity index (χ4v) is 2.29. The van der Waals surface area contributed by atoms with Gasteiger partial charge in [0.05, 0.1) is 17.1 Å². The Morgan fingerprint density at radius 3 is 2.89 bits per heavy atom. The maximum absolute atomic E-state index is 6.03. The molecule has 1 heterocycles. The Kier molecular flexibility index (Phi) is 4.22. The number of rotatable bonds is 5. The summed E-state index contributed by atoms with van der Waals surface area (Å²) in [4.78, 5) is 4.63. The van der Waals surface area contributed by atoms with E-state index in [1.54, 1.807) is 7.11 Å². The monoisotopic (exact) mass is 267 g/mol. The van der Waals surface area contributed by atoms with Gasteiger partial charge >= 0.3 is 0 Å². The molecule has 0 bridgehead atoms. The van der Waals surface area contributed by atoms with Gasteiger partial charge in [-0.05, 0) is 25.1 Å². The van der Waals surface area contributed by atoms with Crippen LogP contribution < -0.4 is 5.73 Å². The summed E-state index contributed by atoms with van der Waals surface area (Å²) in [6, 6.07) is 5.75. The molecule has 0 spiro atoms. The molecule has 1 aromatic heterocycles. The van der Waals surface area contributed by atoms with Crippen LogP contribution in [-0.4, -0.2) is 29.3 Å². The molecule has 2 N–H and O–H groups in total. The summed E-state index contributed by atoms with van der Waals surface area (Å²) in [5, 5.41) is 0.728. The number of imidazole rings is 1. The summed E-state index contributed by atoms with van der Waals surface area (Å²) in [5.41, 5.74) is 7.68. The van der Waals surface area contributed by atoms with Crippen LogP contribution in [0.4, 0.5) is 0 Å². The number of hydrogen-bond donors (Lipinski definition) is 1. The number of ether oxygens (including phenoxy) is 1. The molecule has 0 amide bonds. The Bertz CT molecular complexity index is 534. The molecule has 1 unspecified atom stereocenters. The number of methoxy groups -OCH3 is 1. The van der Waals surface area contributed by atoms with Gasteiger partial charge in [0.2, 0.25) is 0 Å². The second-order valence-corrected chi connectivity index (χ2v) is 4.64. The number of aromatic nitrogens is 2. The number of hydrogen-bond acceptors (Lipinski definition) is 3. The summed E-state index contributed by atoms with van der Waals surface area (Å²) in [5.74, 6) is 0.993. The van der Waals surface area contributed by atoms with Crippen molar-refractivity contribution in [3.05, 3.63) is 29.0 Å². The van der Waals surface area contributed by atoms with Crippen LogP contribution in [0.3, 0.4) is 0 Å². The summed E-state index contributed by atoms with van der Waals surface area (Å²) >= 11 is 6.03. The third-order valence-electron chi connectivity index (χ3n) is 3.11. The zero-order valence-electron chi connectivity index (χ0n) is 10.7. The maximum atomic E-state index is 6.03. The van der Waals surface area contributed by atoms with E-state index in [0.717, 1.165) is 28.4 Å². The van der Waals surface area contributed by atoms with Crippen LogP contribution in [0.1, 0.15) is 12.7 Å². The molecule has 1 aromatic carbocycles. The van der Waals surface area contributed by atoms with Crippen LogP contribution in [-0.2, 0) is 17.7 Å². The molecule has 0 aliphatic carbocycles. The molecule has 0 fully saturated rings. The minimum Gasteiger partial charge on any atom is -0.380 e. The van der Waals surface area contributed by atoms with Crippen molar-refractivity contribution in [3.8, 4) is 0 Å². The number of nitrogens with two attached hydrogens (primary N) is 1. The summed E-state index contributed by atoms with van der Waals surface area (Å²) in [7, 11) is 1.67. The number of fused-ring (bicyclic) bond motifs is 1. The predicted octanol–water partition coefficient (Wildman–Crippen LogP) is 2.23. The standard InChI is InChI=1S/C13H18ClN3O/c1-3-17-12-6-9(14)4-5-11(12)16-13(17)7-10(8-15)18-2/h4-6,10H,3,7-8,15H2,1-2H3. The van der Waals surface area contributed by atoms with E-state index < -0.39 is 0 Å². The Morgan fingerprint density at radius 1 is 1.50 bits per heavy atom. The first kappa shape index (κ1) is 13.3. The largest absolute Gasteiger partial charge is 0.380 e. The van der Waals surface area contributed by atoms with Crippen molar-refractivity contribution in [3.63, 3.8) is 0 Å². The van der Waals surface area contributed by atoms with E-state index in [1.807, 2.05) is 18.2 Å². The molecule has 5 heteroatoms. The lowest BCUT2D eigenvalue weighted by molar-refractivity contribution is 0.107. The summed E-state index contributed by atoms with van der Waals surface area (Å²) < 4.78 is 7.47. The van der Waals surface area contributed by atoms with Gasteiger partial charge in [0.1, 0.15) is 5.82 Å². The fraction of sp³-hybridized carbons (Fsp3) is 0.462. The Morgan fingerprint density at radius 2 is 2.28 bits per heavy atom. The summed E-state index contributed by atoms with van der Waals surface area (Å²) in [6.07, 6.45) is 0.718. The van der Waals surface area contributed by atoms with Crippen molar-refractivity contribution < 1.29 is 4.74 Å². The SMILES string of the molecule is CCn1c(CC(CN)OC)nc2ccc(Cl)cc21. The van der Waals surface area contributed by atoms with Gasteiger partial charge in [-0.2, -0.15) is 0 Å². The molecule has 0 aliphatic heterocycles. The predicted molar refractivity (Wildman–Crippen MR) is 74.0 cm³/mol. The Hall–Kier alpha value is -1.10. The second-order valence-electron chi connectivity index (χ2n) is 4.20. The van der Waals surface area contributed by atoms with Gasteiger partial charge in [0.25, 0.3) is 0 Å². The van der Waals surface area contributed by atoms with Gasteiger partial charge in [-0.3, -0.25) is 0 Å².